The van der Waals surface area contributed by atoms with Gasteiger partial charge in [-0.25, -0.2) is 0 Å². The molecule has 0 saturated carbocycles. The number of unbranched alkanes of at least 4 members (excludes halogenated alkanes) is 1. The van der Waals surface area contributed by atoms with Crippen molar-refractivity contribution in [1.82, 2.24) is 15.4 Å². The molecule has 14 heavy (non-hydrogen) atoms. The molecule has 70 valence electrons. The fourth-order valence-electron chi connectivity index (χ4n) is 1.42. The van der Waals surface area contributed by atoms with Gasteiger partial charge in [-0.05, 0) is 30.5 Å². The molecule has 0 aliphatic rings. The molecule has 0 spiro atoms. The van der Waals surface area contributed by atoms with E-state index >= 15 is 0 Å². The molecule has 1 aromatic heterocycles. The number of aromatic nitrogens is 3. The number of hydrogen-bond donors (Lipinski definition) is 1. The molecule has 1 N–H and O–H groups in total. The minimum atomic E-state index is 0. The molecule has 0 fully saturated rings. The van der Waals surface area contributed by atoms with Crippen LogP contribution in [-0.4, -0.2) is 15.4 Å². The second-order valence-electron chi connectivity index (χ2n) is 3.25. The molecule has 1 heterocycles. The van der Waals surface area contributed by atoms with Gasteiger partial charge >= 0.3 is 29.6 Å². The summed E-state index contributed by atoms with van der Waals surface area (Å²) >= 11 is 0. The summed E-state index contributed by atoms with van der Waals surface area (Å²) in [6.45, 7) is 2.20. The van der Waals surface area contributed by atoms with Crippen LogP contribution >= 0.6 is 0 Å². The third-order valence-corrected chi connectivity index (χ3v) is 2.20. The van der Waals surface area contributed by atoms with Gasteiger partial charge < -0.3 is 1.43 Å². The third kappa shape index (κ3) is 2.56. The Morgan fingerprint density at radius 2 is 2.07 bits per heavy atom. The summed E-state index contributed by atoms with van der Waals surface area (Å²) in [7, 11) is 0. The molecule has 0 aliphatic carbocycles. The molecular weight excluding hydrogens is 185 g/mol. The molecular formula is C10H14N3Na. The smallest absolute Gasteiger partial charge is 1.00 e. The normalized spacial score (nSPS) is 10.1. The Morgan fingerprint density at radius 1 is 1.29 bits per heavy atom. The van der Waals surface area contributed by atoms with Crippen molar-refractivity contribution in [1.29, 1.82) is 0 Å². The van der Waals surface area contributed by atoms with Crippen molar-refractivity contribution < 1.29 is 31.0 Å². The van der Waals surface area contributed by atoms with Crippen LogP contribution in [0, 0.1) is 0 Å². The van der Waals surface area contributed by atoms with Gasteiger partial charge in [0.25, 0.3) is 0 Å². The van der Waals surface area contributed by atoms with Crippen LogP contribution in [0.15, 0.2) is 18.2 Å². The summed E-state index contributed by atoms with van der Waals surface area (Å²) in [6, 6.07) is 6.25. The monoisotopic (exact) mass is 199 g/mol. The van der Waals surface area contributed by atoms with Gasteiger partial charge in [0.1, 0.15) is 11.0 Å². The molecule has 0 amide bonds. The summed E-state index contributed by atoms with van der Waals surface area (Å²) in [5.74, 6) is 0. The van der Waals surface area contributed by atoms with Gasteiger partial charge in [-0.3, -0.25) is 0 Å². The predicted octanol–water partition coefficient (Wildman–Crippen LogP) is -0.583. The Balaban J connectivity index is 0.000000980. The zero-order valence-corrected chi connectivity index (χ0v) is 10.7. The second kappa shape index (κ2) is 5.49. The van der Waals surface area contributed by atoms with Gasteiger partial charge in [-0.2, -0.15) is 15.4 Å². The zero-order chi connectivity index (χ0) is 9.10. The quantitative estimate of drug-likeness (QED) is 0.672. The van der Waals surface area contributed by atoms with Crippen molar-refractivity contribution >= 4 is 11.0 Å². The maximum atomic E-state index is 4.05. The standard InChI is InChI=1S/C10H13N3.Na.H/c1-2-3-4-8-5-6-9-10(7-8)12-13-11-9;;/h5-7H,2-4H2,1H3,(H,11,12,13);;/q;+1;-1. The molecule has 2 aromatic rings. The fraction of sp³-hybridized carbons (Fsp3) is 0.400. The van der Waals surface area contributed by atoms with E-state index in [1.54, 1.807) is 0 Å². The van der Waals surface area contributed by atoms with E-state index in [1.807, 2.05) is 6.07 Å². The summed E-state index contributed by atoms with van der Waals surface area (Å²) in [5.41, 5.74) is 3.26. The van der Waals surface area contributed by atoms with E-state index in [4.69, 9.17) is 0 Å². The van der Waals surface area contributed by atoms with Crippen LogP contribution in [0.25, 0.3) is 11.0 Å². The Kier molecular flexibility index (Phi) is 4.58. The number of nitrogens with zero attached hydrogens (tertiary/aromatic N) is 2. The molecule has 1 aromatic carbocycles. The Labute approximate surface area is 107 Å². The van der Waals surface area contributed by atoms with Crippen molar-refractivity contribution in [2.24, 2.45) is 0 Å². The number of aromatic amines is 1. The summed E-state index contributed by atoms with van der Waals surface area (Å²) in [5, 5.41) is 10.7. The first-order chi connectivity index (χ1) is 6.40. The number of rotatable bonds is 3. The van der Waals surface area contributed by atoms with E-state index in [2.05, 4.69) is 34.5 Å². The van der Waals surface area contributed by atoms with Crippen LogP contribution in [0.5, 0.6) is 0 Å². The van der Waals surface area contributed by atoms with E-state index in [0.29, 0.717) is 0 Å². The van der Waals surface area contributed by atoms with Gasteiger partial charge in [-0.15, -0.1) is 0 Å². The van der Waals surface area contributed by atoms with E-state index in [0.717, 1.165) is 17.5 Å². The van der Waals surface area contributed by atoms with Crippen molar-refractivity contribution in [2.45, 2.75) is 26.2 Å². The minimum absolute atomic E-state index is 0. The van der Waals surface area contributed by atoms with Gasteiger partial charge in [-0.1, -0.05) is 19.4 Å². The molecule has 0 bridgehead atoms. The molecule has 0 aliphatic heterocycles. The Hall–Kier alpha value is -0.380. The molecule has 2 rings (SSSR count). The van der Waals surface area contributed by atoms with E-state index in [9.17, 15) is 0 Å². The van der Waals surface area contributed by atoms with Crippen LogP contribution in [0.2, 0.25) is 0 Å². The maximum absolute atomic E-state index is 4.05. The van der Waals surface area contributed by atoms with Gasteiger partial charge in [0.2, 0.25) is 0 Å². The van der Waals surface area contributed by atoms with Crippen LogP contribution in [0.1, 0.15) is 26.8 Å². The van der Waals surface area contributed by atoms with Crippen LogP contribution in [-0.2, 0) is 6.42 Å². The molecule has 0 atom stereocenters. The van der Waals surface area contributed by atoms with Crippen molar-refractivity contribution in [3.63, 3.8) is 0 Å². The first-order valence-corrected chi connectivity index (χ1v) is 4.69. The largest absolute Gasteiger partial charge is 1.00 e. The van der Waals surface area contributed by atoms with Crippen molar-refractivity contribution in [3.05, 3.63) is 23.8 Å². The van der Waals surface area contributed by atoms with Crippen molar-refractivity contribution in [2.75, 3.05) is 0 Å². The molecule has 0 radical (unpaired) electrons. The number of benzene rings is 1. The first-order valence-electron chi connectivity index (χ1n) is 4.69. The summed E-state index contributed by atoms with van der Waals surface area (Å²) in [6.07, 6.45) is 3.61. The van der Waals surface area contributed by atoms with Crippen LogP contribution < -0.4 is 29.6 Å². The fourth-order valence-corrected chi connectivity index (χ4v) is 1.42. The average Bonchev–Trinajstić information content (AvgIpc) is 2.61. The van der Waals surface area contributed by atoms with E-state index in [1.165, 1.54) is 18.4 Å². The second-order valence-corrected chi connectivity index (χ2v) is 3.25. The molecule has 0 saturated heterocycles. The van der Waals surface area contributed by atoms with Gasteiger partial charge in [0.15, 0.2) is 0 Å². The number of H-pyrrole nitrogens is 1. The predicted molar refractivity (Wildman–Crippen MR) is 53.6 cm³/mol. The first kappa shape index (κ1) is 11.7. The van der Waals surface area contributed by atoms with E-state index < -0.39 is 0 Å². The van der Waals surface area contributed by atoms with Crippen LogP contribution in [0.3, 0.4) is 0 Å². The topological polar surface area (TPSA) is 41.6 Å². The maximum Gasteiger partial charge on any atom is 1.00 e. The average molecular weight is 199 g/mol. The minimum Gasteiger partial charge on any atom is -1.00 e. The van der Waals surface area contributed by atoms with Crippen molar-refractivity contribution in [3.8, 4) is 0 Å². The zero-order valence-electron chi connectivity index (χ0n) is 9.75. The SMILES string of the molecule is CCCCc1ccc2n[nH]nc2c1.[H-].[Na+]. The molecule has 0 unspecified atom stereocenters. The number of aryl methyl sites for hydroxylation is 1. The van der Waals surface area contributed by atoms with Gasteiger partial charge in [0.05, 0.1) is 0 Å². The third-order valence-electron chi connectivity index (χ3n) is 2.20. The number of fused-ring (bicyclic) bond motifs is 1. The number of hydrogen-bond acceptors (Lipinski definition) is 2. The summed E-state index contributed by atoms with van der Waals surface area (Å²) < 4.78 is 0. The van der Waals surface area contributed by atoms with Crippen LogP contribution in [0.4, 0.5) is 0 Å². The van der Waals surface area contributed by atoms with E-state index in [-0.39, 0.29) is 31.0 Å². The molecule has 4 heteroatoms. The van der Waals surface area contributed by atoms with Gasteiger partial charge in [0, 0.05) is 0 Å². The number of nitrogens with one attached hydrogen (secondary N) is 1. The summed E-state index contributed by atoms with van der Waals surface area (Å²) in [4.78, 5) is 0. The Morgan fingerprint density at radius 3 is 2.86 bits per heavy atom. The molecule has 3 nitrogen and oxygen atoms in total. The Bertz CT molecular complexity index is 402.